The van der Waals surface area contributed by atoms with E-state index in [-0.39, 0.29) is 94.7 Å². The number of benzene rings is 2. The van der Waals surface area contributed by atoms with Crippen molar-refractivity contribution < 1.29 is 42.1 Å². The summed E-state index contributed by atoms with van der Waals surface area (Å²) in [5.74, 6) is -4.02. The number of aromatic carboxylic acids is 1. The van der Waals surface area contributed by atoms with Crippen molar-refractivity contribution in [3.05, 3.63) is 105 Å². The number of ether oxygens (including phenoxy) is 3. The highest BCUT2D eigenvalue weighted by molar-refractivity contribution is 6.31. The lowest BCUT2D eigenvalue weighted by Gasteiger charge is -2.35. The van der Waals surface area contributed by atoms with Gasteiger partial charge in [-0.25, -0.2) is 27.9 Å². The van der Waals surface area contributed by atoms with Crippen LogP contribution < -0.4 is 10.1 Å². The first-order valence-electron chi connectivity index (χ1n) is 15.6. The molecule has 12 nitrogen and oxygen atoms in total. The quantitative estimate of drug-likeness (QED) is 0.185. The van der Waals surface area contributed by atoms with E-state index in [2.05, 4.69) is 20.3 Å². The van der Waals surface area contributed by atoms with Gasteiger partial charge in [0.15, 0.2) is 11.4 Å². The van der Waals surface area contributed by atoms with Crippen molar-refractivity contribution >= 4 is 34.5 Å². The number of imidazole rings is 1. The van der Waals surface area contributed by atoms with Gasteiger partial charge in [-0.15, -0.1) is 0 Å². The van der Waals surface area contributed by atoms with Gasteiger partial charge in [-0.3, -0.25) is 9.78 Å². The number of carboxylic acids is 1. The Bertz CT molecular complexity index is 2250. The molecular formula is C35H26ClF3N6O6. The Hall–Kier alpha value is -5.56. The first kappa shape index (κ1) is 33.9. The summed E-state index contributed by atoms with van der Waals surface area (Å²) in [6.45, 7) is 0.804. The predicted molar refractivity (Wildman–Crippen MR) is 174 cm³/mol. The van der Waals surface area contributed by atoms with Gasteiger partial charge < -0.3 is 29.2 Å². The largest absolute Gasteiger partial charge is 0.478 e. The molecule has 0 bridgehead atoms. The van der Waals surface area contributed by atoms with E-state index >= 15 is 8.78 Å². The molecule has 1 amide bonds. The summed E-state index contributed by atoms with van der Waals surface area (Å²) in [6, 6.07) is 12.1. The number of carbonyl (C=O) groups is 2. The smallest absolute Gasteiger partial charge is 0.335 e. The summed E-state index contributed by atoms with van der Waals surface area (Å²) in [4.78, 5) is 36.9. The van der Waals surface area contributed by atoms with Crippen LogP contribution in [0.15, 0.2) is 54.7 Å². The van der Waals surface area contributed by atoms with Gasteiger partial charge in [-0.1, -0.05) is 17.7 Å². The van der Waals surface area contributed by atoms with Gasteiger partial charge >= 0.3 is 5.97 Å². The third kappa shape index (κ3) is 6.81. The van der Waals surface area contributed by atoms with E-state index < -0.39 is 34.9 Å². The summed E-state index contributed by atoms with van der Waals surface area (Å²) >= 11 is 6.37. The molecule has 51 heavy (non-hydrogen) atoms. The molecule has 2 aliphatic heterocycles. The highest BCUT2D eigenvalue weighted by Gasteiger charge is 2.41. The number of hydrogen-bond acceptors (Lipinski definition) is 9. The Kier molecular flexibility index (Phi) is 9.06. The molecule has 1 atom stereocenters. The lowest BCUT2D eigenvalue weighted by atomic mass is 9.99. The van der Waals surface area contributed by atoms with Crippen molar-refractivity contribution in [1.82, 2.24) is 24.8 Å². The Balaban J connectivity index is 1.08. The third-order valence-electron chi connectivity index (χ3n) is 8.60. The van der Waals surface area contributed by atoms with Gasteiger partial charge in [-0.2, -0.15) is 5.26 Å². The van der Waals surface area contributed by atoms with Crippen molar-refractivity contribution in [2.75, 3.05) is 19.8 Å². The van der Waals surface area contributed by atoms with Gasteiger partial charge in [-0.05, 0) is 48.4 Å². The number of pyridine rings is 2. The lowest BCUT2D eigenvalue weighted by Crippen LogP contribution is -2.61. The van der Waals surface area contributed by atoms with Gasteiger partial charge in [0.05, 0.1) is 53.7 Å². The maximum absolute atomic E-state index is 15.6. The molecule has 0 unspecified atom stereocenters. The second kappa shape index (κ2) is 13.6. The van der Waals surface area contributed by atoms with Crippen LogP contribution >= 0.6 is 11.6 Å². The monoisotopic (exact) mass is 718 g/mol. The molecule has 0 spiro atoms. The van der Waals surface area contributed by atoms with E-state index in [9.17, 15) is 24.3 Å². The van der Waals surface area contributed by atoms with Crippen LogP contribution in [0.25, 0.3) is 22.3 Å². The van der Waals surface area contributed by atoms with Gasteiger partial charge in [0.2, 0.25) is 5.88 Å². The number of nitriles is 1. The maximum Gasteiger partial charge on any atom is 0.335 e. The van der Waals surface area contributed by atoms with E-state index in [1.165, 1.54) is 30.5 Å². The molecule has 260 valence electrons. The molecule has 2 N–H and O–H groups in total. The van der Waals surface area contributed by atoms with Crippen molar-refractivity contribution in [1.29, 1.82) is 5.26 Å². The van der Waals surface area contributed by atoms with Crippen LogP contribution in [0, 0.1) is 28.8 Å². The molecule has 2 aromatic carbocycles. The summed E-state index contributed by atoms with van der Waals surface area (Å²) in [5, 5.41) is 21.5. The Morgan fingerprint density at radius 3 is 2.57 bits per heavy atom. The minimum Gasteiger partial charge on any atom is -0.478 e. The summed E-state index contributed by atoms with van der Waals surface area (Å²) in [6.07, 6.45) is 1.64. The van der Waals surface area contributed by atoms with Crippen molar-refractivity contribution in [2.45, 2.75) is 37.6 Å². The molecule has 3 aromatic heterocycles. The Labute approximate surface area is 292 Å². The first-order chi connectivity index (χ1) is 24.5. The number of rotatable bonds is 11. The maximum atomic E-state index is 15.6. The second-order valence-electron chi connectivity index (χ2n) is 12.1. The number of nitrogens with one attached hydrogen (secondary N) is 1. The fourth-order valence-electron chi connectivity index (χ4n) is 5.65. The summed E-state index contributed by atoms with van der Waals surface area (Å²) in [7, 11) is 0. The van der Waals surface area contributed by atoms with Crippen molar-refractivity contribution in [3.63, 3.8) is 0 Å². The van der Waals surface area contributed by atoms with E-state index in [0.29, 0.717) is 12.2 Å². The van der Waals surface area contributed by atoms with Gasteiger partial charge in [0, 0.05) is 36.4 Å². The molecule has 2 fully saturated rings. The van der Waals surface area contributed by atoms with Crippen LogP contribution in [-0.2, 0) is 29.0 Å². The molecule has 16 heteroatoms. The number of amides is 1. The second-order valence-corrected chi connectivity index (χ2v) is 12.5. The normalized spacial score (nSPS) is 16.2. The molecule has 5 aromatic rings. The van der Waals surface area contributed by atoms with Crippen LogP contribution in [-0.4, -0.2) is 68.0 Å². The molecule has 0 saturated carbocycles. The van der Waals surface area contributed by atoms with Crippen LogP contribution in [0.5, 0.6) is 5.88 Å². The number of carbonyl (C=O) groups excluding carboxylic acids is 1. The molecule has 5 heterocycles. The van der Waals surface area contributed by atoms with E-state index in [0.717, 1.165) is 24.6 Å². The Morgan fingerprint density at radius 2 is 1.90 bits per heavy atom. The fraction of sp³-hybridized carbons (Fsp3) is 0.257. The predicted octanol–water partition coefficient (Wildman–Crippen LogP) is 5.24. The zero-order valence-electron chi connectivity index (χ0n) is 26.5. The number of hydrogen-bond donors (Lipinski definition) is 2. The van der Waals surface area contributed by atoms with E-state index in [4.69, 9.17) is 25.8 Å². The summed E-state index contributed by atoms with van der Waals surface area (Å²) in [5.41, 5.74) is -0.956. The molecule has 7 rings (SSSR count). The average Bonchev–Trinajstić information content (AvgIpc) is 3.42. The number of carboxylic acid groups (broad SMARTS) is 1. The molecular weight excluding hydrogens is 693 g/mol. The van der Waals surface area contributed by atoms with E-state index in [1.54, 1.807) is 10.6 Å². The highest BCUT2D eigenvalue weighted by Crippen LogP contribution is 2.30. The van der Waals surface area contributed by atoms with Crippen LogP contribution in [0.1, 0.15) is 44.2 Å². The molecule has 2 saturated heterocycles. The number of halogens is 4. The van der Waals surface area contributed by atoms with Crippen molar-refractivity contribution in [3.8, 4) is 23.2 Å². The minimum absolute atomic E-state index is 0.00420. The zero-order valence-corrected chi connectivity index (χ0v) is 27.2. The number of fused-ring (bicyclic) bond motifs is 1. The van der Waals surface area contributed by atoms with Crippen LogP contribution in [0.2, 0.25) is 5.02 Å². The molecule has 2 aliphatic rings. The van der Waals surface area contributed by atoms with Gasteiger partial charge in [0.25, 0.3) is 5.91 Å². The molecule has 0 radical (unpaired) electrons. The first-order valence-corrected chi connectivity index (χ1v) is 16.0. The van der Waals surface area contributed by atoms with E-state index in [1.807, 2.05) is 6.07 Å². The van der Waals surface area contributed by atoms with Gasteiger partial charge in [0.1, 0.15) is 35.3 Å². The average molecular weight is 719 g/mol. The Morgan fingerprint density at radius 1 is 1.10 bits per heavy atom. The number of nitrogens with zero attached hydrogens (tertiary/aromatic N) is 5. The number of aromatic nitrogens is 4. The van der Waals surface area contributed by atoms with Crippen LogP contribution in [0.3, 0.4) is 0 Å². The standard InChI is InChI=1S/C35H26ClF3N6O6/c36-23-11-28(33(46)44-35(15-40)16-49-17-35)41-12-20(23)14-51-31-3-1-2-27(42-31)22-10-24(37)18(6-25(22)38)9-30-43-32-26(39)7-19(34(47)48)8-29(32)45(30)13-21-4-5-50-21/h1-3,6-8,10-12,21H,4-5,9,13-14,16-17H2,(H,44,46)(H,47,48)/t21-/m0/s1. The fourth-order valence-corrected chi connectivity index (χ4v) is 5.86. The third-order valence-corrected chi connectivity index (χ3v) is 8.95. The summed E-state index contributed by atoms with van der Waals surface area (Å²) < 4.78 is 64.0. The zero-order chi connectivity index (χ0) is 35.9. The van der Waals surface area contributed by atoms with Crippen LogP contribution in [0.4, 0.5) is 13.2 Å². The highest BCUT2D eigenvalue weighted by atomic mass is 35.5. The molecule has 0 aliphatic carbocycles. The lowest BCUT2D eigenvalue weighted by molar-refractivity contribution is -0.0589. The van der Waals surface area contributed by atoms with Crippen molar-refractivity contribution in [2.24, 2.45) is 0 Å². The topological polar surface area (TPSA) is 161 Å². The minimum atomic E-state index is -1.32. The SMILES string of the molecule is N#CC1(NC(=O)c2cc(Cl)c(COc3cccc(-c4cc(F)c(Cc5nc6c(F)cc(C(=O)O)cc6n5C[C@@H]5CCO5)cc4F)n3)cn2)COC1.